The third-order valence-electron chi connectivity index (χ3n) is 2.85. The van der Waals surface area contributed by atoms with Crippen molar-refractivity contribution in [3.05, 3.63) is 17.0 Å². The predicted octanol–water partition coefficient (Wildman–Crippen LogP) is 1.38. The summed E-state index contributed by atoms with van der Waals surface area (Å²) in [6.45, 7) is 2.64. The molecule has 5 nitrogen and oxygen atoms in total. The van der Waals surface area contributed by atoms with Crippen LogP contribution < -0.4 is 10.6 Å². The summed E-state index contributed by atoms with van der Waals surface area (Å²) in [5.74, 6) is 0.883. The highest BCUT2D eigenvalue weighted by Gasteiger charge is 2.19. The number of nitrogens with zero attached hydrogens (tertiary/aromatic N) is 2. The first kappa shape index (κ1) is 12.1. The summed E-state index contributed by atoms with van der Waals surface area (Å²) in [6, 6.07) is 0.212. The molecule has 0 spiro atoms. The van der Waals surface area contributed by atoms with Crippen LogP contribution in [0.3, 0.4) is 0 Å². The number of anilines is 1. The first-order valence-electron chi connectivity index (χ1n) is 5.73. The monoisotopic (exact) mass is 254 g/mol. The fourth-order valence-electron chi connectivity index (χ4n) is 1.88. The second-order valence-electron chi connectivity index (χ2n) is 4.03. The van der Waals surface area contributed by atoms with Crippen molar-refractivity contribution in [1.82, 2.24) is 15.3 Å². The van der Waals surface area contributed by atoms with Gasteiger partial charge in [-0.25, -0.2) is 9.97 Å². The van der Waals surface area contributed by atoms with Gasteiger partial charge in [-0.05, 0) is 12.8 Å². The highest BCUT2D eigenvalue weighted by Crippen LogP contribution is 2.21. The first-order chi connectivity index (χ1) is 8.20. The molecule has 1 fully saturated rings. The van der Waals surface area contributed by atoms with Crippen LogP contribution in [0.25, 0.3) is 0 Å². The van der Waals surface area contributed by atoms with Crippen molar-refractivity contribution in [3.8, 4) is 0 Å². The van der Waals surface area contributed by atoms with E-state index in [1.807, 2.05) is 6.92 Å². The largest absolute Gasteiger partial charge is 0.365 e. The van der Waals surface area contributed by atoms with Gasteiger partial charge in [0.1, 0.15) is 17.3 Å². The standard InChI is InChI=1S/C11H15ClN4O/c1-2-8-10(12)14-6-15-11(8)16-7-3-4-9(17)13-5-7/h6-7H,2-5H2,1H3,(H,13,17)(H,14,15,16). The summed E-state index contributed by atoms with van der Waals surface area (Å²) in [5, 5.41) is 6.63. The minimum Gasteiger partial charge on any atom is -0.365 e. The molecule has 6 heteroatoms. The molecule has 1 aliphatic heterocycles. The van der Waals surface area contributed by atoms with Gasteiger partial charge in [-0.15, -0.1) is 0 Å². The minimum absolute atomic E-state index is 0.111. The summed E-state index contributed by atoms with van der Waals surface area (Å²) >= 11 is 6.01. The van der Waals surface area contributed by atoms with Crippen molar-refractivity contribution in [3.63, 3.8) is 0 Å². The van der Waals surface area contributed by atoms with E-state index in [1.165, 1.54) is 6.33 Å². The summed E-state index contributed by atoms with van der Waals surface area (Å²) in [7, 11) is 0. The van der Waals surface area contributed by atoms with Gasteiger partial charge in [0.25, 0.3) is 0 Å². The lowest BCUT2D eigenvalue weighted by Gasteiger charge is -2.24. The molecule has 92 valence electrons. The van der Waals surface area contributed by atoms with Gasteiger partial charge in [-0.1, -0.05) is 18.5 Å². The van der Waals surface area contributed by atoms with Crippen LogP contribution in [0.4, 0.5) is 5.82 Å². The van der Waals surface area contributed by atoms with E-state index < -0.39 is 0 Å². The Labute approximate surface area is 105 Å². The van der Waals surface area contributed by atoms with Crippen molar-refractivity contribution < 1.29 is 4.79 Å². The fourth-order valence-corrected chi connectivity index (χ4v) is 2.14. The van der Waals surface area contributed by atoms with E-state index in [9.17, 15) is 4.79 Å². The minimum atomic E-state index is 0.111. The van der Waals surface area contributed by atoms with Gasteiger partial charge in [0, 0.05) is 24.6 Å². The molecule has 2 rings (SSSR count). The molecule has 17 heavy (non-hydrogen) atoms. The Hall–Kier alpha value is -1.36. The molecule has 1 amide bonds. The van der Waals surface area contributed by atoms with E-state index in [1.54, 1.807) is 0 Å². The molecule has 0 radical (unpaired) electrons. The number of carbonyl (C=O) groups is 1. The third-order valence-corrected chi connectivity index (χ3v) is 3.18. The van der Waals surface area contributed by atoms with E-state index in [0.717, 1.165) is 24.2 Å². The number of piperidine rings is 1. The van der Waals surface area contributed by atoms with E-state index in [0.29, 0.717) is 18.1 Å². The summed E-state index contributed by atoms with van der Waals surface area (Å²) in [5.41, 5.74) is 0.922. The molecule has 0 saturated carbocycles. The van der Waals surface area contributed by atoms with Gasteiger partial charge >= 0.3 is 0 Å². The van der Waals surface area contributed by atoms with Gasteiger partial charge in [-0.3, -0.25) is 4.79 Å². The molecular weight excluding hydrogens is 240 g/mol. The molecule has 1 aromatic heterocycles. The van der Waals surface area contributed by atoms with Gasteiger partial charge < -0.3 is 10.6 Å². The highest BCUT2D eigenvalue weighted by atomic mass is 35.5. The molecule has 2 N–H and O–H groups in total. The van der Waals surface area contributed by atoms with E-state index in [2.05, 4.69) is 20.6 Å². The van der Waals surface area contributed by atoms with Crippen LogP contribution in [0.2, 0.25) is 5.15 Å². The topological polar surface area (TPSA) is 66.9 Å². The average Bonchev–Trinajstić information content (AvgIpc) is 2.32. The number of rotatable bonds is 3. The van der Waals surface area contributed by atoms with E-state index in [-0.39, 0.29) is 11.9 Å². The molecule has 1 aromatic rings. The van der Waals surface area contributed by atoms with Gasteiger partial charge in [-0.2, -0.15) is 0 Å². The molecule has 1 atom stereocenters. The Morgan fingerprint density at radius 1 is 1.59 bits per heavy atom. The molecule has 1 aliphatic rings. The highest BCUT2D eigenvalue weighted by molar-refractivity contribution is 6.30. The Kier molecular flexibility index (Phi) is 3.78. The lowest BCUT2D eigenvalue weighted by atomic mass is 10.1. The number of carbonyl (C=O) groups excluding carboxylic acids is 1. The second-order valence-corrected chi connectivity index (χ2v) is 4.39. The zero-order valence-electron chi connectivity index (χ0n) is 9.66. The maximum Gasteiger partial charge on any atom is 0.220 e. The van der Waals surface area contributed by atoms with Crippen molar-refractivity contribution >= 4 is 23.3 Å². The van der Waals surface area contributed by atoms with Gasteiger partial charge in [0.2, 0.25) is 5.91 Å². The molecule has 1 saturated heterocycles. The predicted molar refractivity (Wildman–Crippen MR) is 66.1 cm³/mol. The van der Waals surface area contributed by atoms with Gasteiger partial charge in [0.15, 0.2) is 0 Å². The SMILES string of the molecule is CCc1c(Cl)ncnc1NC1CCC(=O)NC1. The number of hydrogen-bond donors (Lipinski definition) is 2. The fraction of sp³-hybridized carbons (Fsp3) is 0.545. The van der Waals surface area contributed by atoms with Crippen LogP contribution in [0.1, 0.15) is 25.3 Å². The molecular formula is C11H15ClN4O. The summed E-state index contributed by atoms with van der Waals surface area (Å²) < 4.78 is 0. The van der Waals surface area contributed by atoms with Crippen molar-refractivity contribution in [2.75, 3.05) is 11.9 Å². The Morgan fingerprint density at radius 2 is 2.41 bits per heavy atom. The molecule has 0 aromatic carbocycles. The molecule has 2 heterocycles. The quantitative estimate of drug-likeness (QED) is 0.800. The number of amides is 1. The van der Waals surface area contributed by atoms with Crippen LogP contribution in [0.5, 0.6) is 0 Å². The van der Waals surface area contributed by atoms with Crippen LogP contribution in [0.15, 0.2) is 6.33 Å². The van der Waals surface area contributed by atoms with Crippen molar-refractivity contribution in [2.24, 2.45) is 0 Å². The Bertz CT molecular complexity index is 414. The first-order valence-corrected chi connectivity index (χ1v) is 6.11. The third kappa shape index (κ3) is 2.85. The van der Waals surface area contributed by atoms with Crippen LogP contribution in [-0.2, 0) is 11.2 Å². The van der Waals surface area contributed by atoms with E-state index >= 15 is 0 Å². The zero-order valence-corrected chi connectivity index (χ0v) is 10.4. The molecule has 0 bridgehead atoms. The van der Waals surface area contributed by atoms with E-state index in [4.69, 9.17) is 11.6 Å². The van der Waals surface area contributed by atoms with Crippen LogP contribution in [-0.4, -0.2) is 28.5 Å². The number of hydrogen-bond acceptors (Lipinski definition) is 4. The Morgan fingerprint density at radius 3 is 3.06 bits per heavy atom. The maximum atomic E-state index is 11.1. The molecule has 0 aliphatic carbocycles. The maximum absolute atomic E-state index is 11.1. The lowest BCUT2D eigenvalue weighted by Crippen LogP contribution is -2.42. The summed E-state index contributed by atoms with van der Waals surface area (Å²) in [4.78, 5) is 19.2. The zero-order chi connectivity index (χ0) is 12.3. The van der Waals surface area contributed by atoms with Crippen molar-refractivity contribution in [2.45, 2.75) is 32.2 Å². The second kappa shape index (κ2) is 5.31. The van der Waals surface area contributed by atoms with Crippen molar-refractivity contribution in [1.29, 1.82) is 0 Å². The molecule has 1 unspecified atom stereocenters. The number of aromatic nitrogens is 2. The average molecular weight is 255 g/mol. The van der Waals surface area contributed by atoms with Gasteiger partial charge in [0.05, 0.1) is 0 Å². The number of nitrogens with one attached hydrogen (secondary N) is 2. The smallest absolute Gasteiger partial charge is 0.220 e. The normalized spacial score (nSPS) is 19.9. The lowest BCUT2D eigenvalue weighted by molar-refractivity contribution is -0.122. The number of halogens is 1. The summed E-state index contributed by atoms with van der Waals surface area (Å²) in [6.07, 6.45) is 3.60. The van der Waals surface area contributed by atoms with Crippen LogP contribution in [0, 0.1) is 0 Å². The Balaban J connectivity index is 2.08. The van der Waals surface area contributed by atoms with Crippen LogP contribution >= 0.6 is 11.6 Å².